The number of furan rings is 1. The summed E-state index contributed by atoms with van der Waals surface area (Å²) in [6, 6.07) is 2.68. The van der Waals surface area contributed by atoms with E-state index in [4.69, 9.17) is 9.15 Å². The molecule has 3 fully saturated rings. The summed E-state index contributed by atoms with van der Waals surface area (Å²) < 4.78 is 11.9. The van der Waals surface area contributed by atoms with Crippen LogP contribution in [0.25, 0.3) is 0 Å². The Hall–Kier alpha value is -2.41. The summed E-state index contributed by atoms with van der Waals surface area (Å²) in [7, 11) is 0. The van der Waals surface area contributed by atoms with Crippen LogP contribution >= 0.6 is 0 Å². The van der Waals surface area contributed by atoms with E-state index in [0.717, 1.165) is 6.42 Å². The van der Waals surface area contributed by atoms with Crippen molar-refractivity contribution in [3.63, 3.8) is 0 Å². The van der Waals surface area contributed by atoms with Crippen LogP contribution in [0.15, 0.2) is 35.0 Å². The predicted molar refractivity (Wildman–Crippen MR) is 107 cm³/mol. The minimum absolute atomic E-state index is 0.0887. The van der Waals surface area contributed by atoms with Crippen LogP contribution in [0.5, 0.6) is 0 Å². The Morgan fingerprint density at radius 1 is 1.37 bits per heavy atom. The van der Waals surface area contributed by atoms with Gasteiger partial charge in [-0.15, -0.1) is 0 Å². The third-order valence-electron chi connectivity index (χ3n) is 7.28. The molecule has 1 aromatic heterocycles. The van der Waals surface area contributed by atoms with Crippen molar-refractivity contribution in [2.45, 2.75) is 57.4 Å². The molecule has 1 spiro atoms. The molecule has 5 rings (SSSR count). The monoisotopic (exact) mass is 412 g/mol. The van der Waals surface area contributed by atoms with E-state index in [1.807, 2.05) is 19.1 Å². The number of Topliss-reactive ketones (excluding diaryl/α,β-unsaturated/α-hetero) is 1. The SMILES string of the molecule is CC(C)CCNC(=O)C1C2C(=O)N3C(c4ccco4)CC(=O)C(C)C3[C@@]23C=C[C@H]1O3. The fraction of sp³-hybridized carbons (Fsp3) is 0.609. The van der Waals surface area contributed by atoms with Gasteiger partial charge in [0.2, 0.25) is 11.8 Å². The fourth-order valence-electron chi connectivity index (χ4n) is 5.86. The Morgan fingerprint density at radius 2 is 2.17 bits per heavy atom. The maximum absolute atomic E-state index is 13.7. The molecule has 0 radical (unpaired) electrons. The Balaban J connectivity index is 1.49. The second kappa shape index (κ2) is 6.80. The molecular formula is C23H28N2O5. The zero-order chi connectivity index (χ0) is 21.2. The van der Waals surface area contributed by atoms with Crippen molar-refractivity contribution in [2.24, 2.45) is 23.7 Å². The number of piperidine rings is 1. The summed E-state index contributed by atoms with van der Waals surface area (Å²) in [5, 5.41) is 3.00. The van der Waals surface area contributed by atoms with Gasteiger partial charge < -0.3 is 19.4 Å². The standard InChI is InChI=1S/C23H28N2O5/c1-12(2)7-9-24-21(27)18-17-6-8-23(30-17)19(18)22(28)25-14(16-5-4-10-29-16)11-15(26)13(3)20(23)25/h4-6,8,10,12-14,17-20H,7,9,11H2,1-3H3,(H,24,27)/t13?,14?,17-,18?,19?,20?,23-/m1/s1. The highest BCUT2D eigenvalue weighted by Gasteiger charge is 2.74. The van der Waals surface area contributed by atoms with Crippen molar-refractivity contribution < 1.29 is 23.5 Å². The van der Waals surface area contributed by atoms with Crippen LogP contribution in [0.4, 0.5) is 0 Å². The van der Waals surface area contributed by atoms with Crippen LogP contribution < -0.4 is 5.32 Å². The molecule has 0 aliphatic carbocycles. The van der Waals surface area contributed by atoms with Gasteiger partial charge in [-0.2, -0.15) is 0 Å². The number of nitrogens with zero attached hydrogens (tertiary/aromatic N) is 1. The number of carbonyl (C=O) groups excluding carboxylic acids is 3. The summed E-state index contributed by atoms with van der Waals surface area (Å²) in [5.74, 6) is -0.628. The summed E-state index contributed by atoms with van der Waals surface area (Å²) >= 11 is 0. The third-order valence-corrected chi connectivity index (χ3v) is 7.28. The lowest BCUT2D eigenvalue weighted by molar-refractivity contribution is -0.148. The summed E-state index contributed by atoms with van der Waals surface area (Å²) in [5.41, 5.74) is -0.928. The first-order valence-corrected chi connectivity index (χ1v) is 10.9. The average molecular weight is 412 g/mol. The largest absolute Gasteiger partial charge is 0.467 e. The number of ether oxygens (including phenoxy) is 1. The minimum Gasteiger partial charge on any atom is -0.467 e. The van der Waals surface area contributed by atoms with E-state index < -0.39 is 35.6 Å². The molecule has 4 aliphatic heterocycles. The van der Waals surface area contributed by atoms with Crippen LogP contribution in [0.2, 0.25) is 0 Å². The lowest BCUT2D eigenvalue weighted by atomic mass is 9.70. The number of amides is 2. The van der Waals surface area contributed by atoms with Crippen LogP contribution in [-0.2, 0) is 19.1 Å². The lowest BCUT2D eigenvalue weighted by Crippen LogP contribution is -2.55. The molecule has 7 heteroatoms. The van der Waals surface area contributed by atoms with Crippen molar-refractivity contribution in [1.82, 2.24) is 10.2 Å². The number of hydrogen-bond acceptors (Lipinski definition) is 5. The smallest absolute Gasteiger partial charge is 0.230 e. The molecule has 7 atom stereocenters. The molecule has 160 valence electrons. The predicted octanol–water partition coefficient (Wildman–Crippen LogP) is 2.24. The van der Waals surface area contributed by atoms with Crippen molar-refractivity contribution in [2.75, 3.05) is 6.54 Å². The number of carbonyl (C=O) groups is 3. The van der Waals surface area contributed by atoms with Crippen LogP contribution in [0.1, 0.15) is 45.4 Å². The Bertz CT molecular complexity index is 907. The third kappa shape index (κ3) is 2.57. The highest BCUT2D eigenvalue weighted by Crippen LogP contribution is 2.59. The zero-order valence-electron chi connectivity index (χ0n) is 17.5. The minimum atomic E-state index is -0.928. The summed E-state index contributed by atoms with van der Waals surface area (Å²) in [4.78, 5) is 41.5. The number of hydrogen-bond donors (Lipinski definition) is 1. The number of fused-ring (bicyclic) bond motifs is 2. The van der Waals surface area contributed by atoms with Gasteiger partial charge in [0, 0.05) is 18.9 Å². The summed E-state index contributed by atoms with van der Waals surface area (Å²) in [6.45, 7) is 6.66. The fourth-order valence-corrected chi connectivity index (χ4v) is 5.86. The van der Waals surface area contributed by atoms with Crippen molar-refractivity contribution >= 4 is 17.6 Å². The van der Waals surface area contributed by atoms with Crippen LogP contribution in [0.3, 0.4) is 0 Å². The Kier molecular flexibility index (Phi) is 4.43. The molecule has 5 heterocycles. The quantitative estimate of drug-likeness (QED) is 0.750. The number of nitrogens with one attached hydrogen (secondary N) is 1. The van der Waals surface area contributed by atoms with Gasteiger partial charge in [-0.3, -0.25) is 14.4 Å². The van der Waals surface area contributed by atoms with E-state index in [-0.39, 0.29) is 29.9 Å². The van der Waals surface area contributed by atoms with E-state index in [0.29, 0.717) is 18.2 Å². The van der Waals surface area contributed by atoms with Crippen LogP contribution in [-0.4, -0.2) is 46.8 Å². The van der Waals surface area contributed by atoms with Gasteiger partial charge in [-0.05, 0) is 24.5 Å². The van der Waals surface area contributed by atoms with Gasteiger partial charge in [0.15, 0.2) is 0 Å². The van der Waals surface area contributed by atoms with Crippen molar-refractivity contribution in [1.29, 1.82) is 0 Å². The second-order valence-electron chi connectivity index (χ2n) is 9.45. The maximum Gasteiger partial charge on any atom is 0.230 e. The van der Waals surface area contributed by atoms with Gasteiger partial charge >= 0.3 is 0 Å². The molecule has 5 unspecified atom stereocenters. The second-order valence-corrected chi connectivity index (χ2v) is 9.45. The Labute approximate surface area is 175 Å². The average Bonchev–Trinajstić information content (AvgIpc) is 3.46. The summed E-state index contributed by atoms with van der Waals surface area (Å²) in [6.07, 6.45) is 6.05. The van der Waals surface area contributed by atoms with Crippen molar-refractivity contribution in [3.8, 4) is 0 Å². The molecule has 3 saturated heterocycles. The molecule has 30 heavy (non-hydrogen) atoms. The lowest BCUT2D eigenvalue weighted by Gasteiger charge is -2.43. The molecule has 0 saturated carbocycles. The topological polar surface area (TPSA) is 88.9 Å². The van der Waals surface area contributed by atoms with E-state index >= 15 is 0 Å². The van der Waals surface area contributed by atoms with Gasteiger partial charge in [-0.25, -0.2) is 0 Å². The number of rotatable bonds is 5. The van der Waals surface area contributed by atoms with E-state index in [1.165, 1.54) is 0 Å². The highest BCUT2D eigenvalue weighted by molar-refractivity contribution is 5.96. The van der Waals surface area contributed by atoms with Gasteiger partial charge in [0.25, 0.3) is 0 Å². The van der Waals surface area contributed by atoms with Gasteiger partial charge in [0.1, 0.15) is 17.1 Å². The molecule has 1 aromatic rings. The van der Waals surface area contributed by atoms with E-state index in [9.17, 15) is 14.4 Å². The molecule has 2 amide bonds. The normalized spacial score (nSPS) is 39.0. The molecule has 0 aromatic carbocycles. The molecule has 4 aliphatic rings. The van der Waals surface area contributed by atoms with E-state index in [1.54, 1.807) is 23.3 Å². The number of ketones is 1. The van der Waals surface area contributed by atoms with Crippen LogP contribution in [0, 0.1) is 23.7 Å². The van der Waals surface area contributed by atoms with Gasteiger partial charge in [-0.1, -0.05) is 32.9 Å². The molecular weight excluding hydrogens is 384 g/mol. The maximum atomic E-state index is 13.7. The molecule has 2 bridgehead atoms. The first kappa shape index (κ1) is 19.5. The van der Waals surface area contributed by atoms with Gasteiger partial charge in [0.05, 0.1) is 36.3 Å². The first-order chi connectivity index (χ1) is 14.3. The Morgan fingerprint density at radius 3 is 2.87 bits per heavy atom. The highest BCUT2D eigenvalue weighted by atomic mass is 16.5. The zero-order valence-corrected chi connectivity index (χ0v) is 17.5. The molecule has 7 nitrogen and oxygen atoms in total. The van der Waals surface area contributed by atoms with Crippen molar-refractivity contribution in [3.05, 3.63) is 36.3 Å². The van der Waals surface area contributed by atoms with E-state index in [2.05, 4.69) is 19.2 Å². The first-order valence-electron chi connectivity index (χ1n) is 10.9. The molecule has 1 N–H and O–H groups in total.